The van der Waals surface area contributed by atoms with Crippen LogP contribution in [0.4, 0.5) is 10.3 Å². The van der Waals surface area contributed by atoms with Crippen LogP contribution >= 0.6 is 11.8 Å². The molecule has 9 heteroatoms. The van der Waals surface area contributed by atoms with Crippen molar-refractivity contribution in [1.82, 2.24) is 20.1 Å². The Morgan fingerprint density at radius 2 is 2.04 bits per heavy atom. The molecule has 0 radical (unpaired) electrons. The number of anilines is 1. The highest BCUT2D eigenvalue weighted by Crippen LogP contribution is 2.24. The fourth-order valence-electron chi connectivity index (χ4n) is 2.93. The van der Waals surface area contributed by atoms with Crippen molar-refractivity contribution in [2.24, 2.45) is 5.92 Å². The topological polar surface area (TPSA) is 72.3 Å². The highest BCUT2D eigenvalue weighted by molar-refractivity contribution is 7.99. The average molecular weight is 408 g/mol. The lowest BCUT2D eigenvalue weighted by Crippen LogP contribution is -2.38. The predicted molar refractivity (Wildman–Crippen MR) is 107 cm³/mol. The molecule has 152 valence electrons. The van der Waals surface area contributed by atoms with Gasteiger partial charge in [-0.3, -0.25) is 9.36 Å². The van der Waals surface area contributed by atoms with E-state index in [2.05, 4.69) is 38.8 Å². The van der Waals surface area contributed by atoms with Crippen molar-refractivity contribution in [1.29, 1.82) is 0 Å². The maximum Gasteiger partial charge on any atom is 0.230 e. The molecule has 0 spiro atoms. The van der Waals surface area contributed by atoms with Crippen molar-refractivity contribution in [2.75, 3.05) is 37.0 Å². The van der Waals surface area contributed by atoms with Crippen molar-refractivity contribution in [3.63, 3.8) is 0 Å². The van der Waals surface area contributed by atoms with Crippen LogP contribution in [0.5, 0.6) is 0 Å². The summed E-state index contributed by atoms with van der Waals surface area (Å²) in [6, 6.07) is 6.43. The molecule has 1 amide bonds. The molecule has 1 aliphatic heterocycles. The summed E-state index contributed by atoms with van der Waals surface area (Å²) in [6.07, 6.45) is 0. The highest BCUT2D eigenvalue weighted by atomic mass is 32.2. The zero-order valence-electron chi connectivity index (χ0n) is 16.2. The van der Waals surface area contributed by atoms with Gasteiger partial charge in [-0.1, -0.05) is 43.8 Å². The number of hydrogen-bond acceptors (Lipinski definition) is 6. The predicted octanol–water partition coefficient (Wildman–Crippen LogP) is 2.32. The Hall–Kier alpha value is -2.13. The lowest BCUT2D eigenvalue weighted by Gasteiger charge is -2.28. The van der Waals surface area contributed by atoms with Gasteiger partial charge in [-0.25, -0.2) is 4.39 Å². The Kier molecular flexibility index (Phi) is 7.27. The van der Waals surface area contributed by atoms with Crippen molar-refractivity contribution in [3.05, 3.63) is 35.6 Å². The highest BCUT2D eigenvalue weighted by Gasteiger charge is 2.21. The summed E-state index contributed by atoms with van der Waals surface area (Å²) in [6.45, 7) is 8.14. The number of halogens is 1. The number of benzene rings is 1. The van der Waals surface area contributed by atoms with Crippen LogP contribution < -0.4 is 10.2 Å². The van der Waals surface area contributed by atoms with E-state index in [1.54, 1.807) is 18.2 Å². The quantitative estimate of drug-likeness (QED) is 0.677. The fourth-order valence-corrected chi connectivity index (χ4v) is 3.70. The summed E-state index contributed by atoms with van der Waals surface area (Å²) >= 11 is 1.35. The average Bonchev–Trinajstić information content (AvgIpc) is 3.08. The molecular formula is C19H26FN5O2S. The number of hydrogen-bond donors (Lipinski definition) is 1. The van der Waals surface area contributed by atoms with Crippen LogP contribution in [0, 0.1) is 11.7 Å². The Bertz CT molecular complexity index is 792. The molecular weight excluding hydrogens is 381 g/mol. The molecule has 2 heterocycles. The maximum absolute atomic E-state index is 13.7. The summed E-state index contributed by atoms with van der Waals surface area (Å²) in [5.41, 5.74) is 0.471. The molecule has 1 aromatic heterocycles. The molecule has 1 aliphatic rings. The first-order valence-electron chi connectivity index (χ1n) is 9.43. The van der Waals surface area contributed by atoms with Crippen LogP contribution in [-0.2, 0) is 22.6 Å². The van der Waals surface area contributed by atoms with Crippen molar-refractivity contribution in [3.8, 4) is 0 Å². The number of carbonyl (C=O) groups is 1. The van der Waals surface area contributed by atoms with Gasteiger partial charge in [0.2, 0.25) is 11.9 Å². The third-order valence-electron chi connectivity index (χ3n) is 4.31. The number of carbonyl (C=O) groups excluding carboxylic acids is 1. The van der Waals surface area contributed by atoms with Crippen LogP contribution in [0.1, 0.15) is 19.4 Å². The molecule has 1 N–H and O–H groups in total. The monoisotopic (exact) mass is 407 g/mol. The minimum Gasteiger partial charge on any atom is -0.378 e. The van der Waals surface area contributed by atoms with Crippen molar-refractivity contribution in [2.45, 2.75) is 32.1 Å². The molecule has 0 bridgehead atoms. The number of thioether (sulfide) groups is 1. The molecule has 0 atom stereocenters. The number of rotatable bonds is 8. The van der Waals surface area contributed by atoms with Gasteiger partial charge in [0.05, 0.1) is 19.0 Å². The number of amides is 1. The molecule has 28 heavy (non-hydrogen) atoms. The number of nitrogens with zero attached hydrogens (tertiary/aromatic N) is 4. The normalized spacial score (nSPS) is 14.5. The van der Waals surface area contributed by atoms with Gasteiger partial charge >= 0.3 is 0 Å². The molecule has 1 fully saturated rings. The van der Waals surface area contributed by atoms with E-state index in [-0.39, 0.29) is 24.0 Å². The van der Waals surface area contributed by atoms with Gasteiger partial charge in [-0.15, -0.1) is 10.2 Å². The van der Waals surface area contributed by atoms with E-state index in [0.717, 1.165) is 30.7 Å². The van der Waals surface area contributed by atoms with Gasteiger partial charge in [0.1, 0.15) is 5.82 Å². The Labute approximate surface area is 168 Å². The van der Waals surface area contributed by atoms with E-state index >= 15 is 0 Å². The third kappa shape index (κ3) is 5.45. The van der Waals surface area contributed by atoms with Crippen LogP contribution in [-0.4, -0.2) is 52.7 Å². The first-order valence-corrected chi connectivity index (χ1v) is 10.4. The summed E-state index contributed by atoms with van der Waals surface area (Å²) in [7, 11) is 0. The molecule has 7 nitrogen and oxygen atoms in total. The Morgan fingerprint density at radius 3 is 2.75 bits per heavy atom. The van der Waals surface area contributed by atoms with Gasteiger partial charge in [0, 0.05) is 31.7 Å². The largest absolute Gasteiger partial charge is 0.378 e. The Balaban J connectivity index is 1.60. The number of ether oxygens (including phenoxy) is 1. The van der Waals surface area contributed by atoms with Gasteiger partial charge in [0.25, 0.3) is 0 Å². The Morgan fingerprint density at radius 1 is 1.29 bits per heavy atom. The molecule has 0 aliphatic carbocycles. The molecule has 1 saturated heterocycles. The zero-order valence-corrected chi connectivity index (χ0v) is 17.0. The molecule has 2 aromatic rings. The summed E-state index contributed by atoms with van der Waals surface area (Å²) < 4.78 is 21.1. The van der Waals surface area contributed by atoms with Gasteiger partial charge in [-0.2, -0.15) is 0 Å². The van der Waals surface area contributed by atoms with E-state index in [0.29, 0.717) is 24.7 Å². The van der Waals surface area contributed by atoms with Gasteiger partial charge in [0.15, 0.2) is 5.16 Å². The van der Waals surface area contributed by atoms with Crippen LogP contribution in [0.15, 0.2) is 29.4 Å². The minimum atomic E-state index is -0.317. The lowest BCUT2D eigenvalue weighted by molar-refractivity contribution is -0.118. The summed E-state index contributed by atoms with van der Waals surface area (Å²) in [5, 5.41) is 12.1. The smallest absolute Gasteiger partial charge is 0.230 e. The second-order valence-corrected chi connectivity index (χ2v) is 7.99. The van der Waals surface area contributed by atoms with Crippen LogP contribution in [0.25, 0.3) is 0 Å². The van der Waals surface area contributed by atoms with Gasteiger partial charge < -0.3 is 15.0 Å². The zero-order chi connectivity index (χ0) is 19.9. The minimum absolute atomic E-state index is 0.166. The molecule has 0 unspecified atom stereocenters. The van der Waals surface area contributed by atoms with Crippen LogP contribution in [0.2, 0.25) is 0 Å². The van der Waals surface area contributed by atoms with Crippen molar-refractivity contribution < 1.29 is 13.9 Å². The number of morpholine rings is 1. The number of nitrogens with one attached hydrogen (secondary N) is 1. The van der Waals surface area contributed by atoms with E-state index < -0.39 is 0 Å². The third-order valence-corrected chi connectivity index (χ3v) is 5.27. The first kappa shape index (κ1) is 20.6. The van der Waals surface area contributed by atoms with Crippen LogP contribution in [0.3, 0.4) is 0 Å². The van der Waals surface area contributed by atoms with E-state index in [4.69, 9.17) is 4.74 Å². The van der Waals surface area contributed by atoms with E-state index in [1.165, 1.54) is 17.8 Å². The molecule has 0 saturated carbocycles. The standard InChI is InChI=1S/C19H26FN5O2S/c1-14(2)12-25-18(24-7-9-27-10-8-24)22-23-19(25)28-13-17(26)21-11-15-5-3-4-6-16(15)20/h3-6,14H,7-13H2,1-2H3,(H,21,26). The van der Waals surface area contributed by atoms with Crippen molar-refractivity contribution >= 4 is 23.6 Å². The van der Waals surface area contributed by atoms with Gasteiger partial charge in [-0.05, 0) is 12.0 Å². The summed E-state index contributed by atoms with van der Waals surface area (Å²) in [5.74, 6) is 0.965. The molecule has 1 aromatic carbocycles. The number of aromatic nitrogens is 3. The van der Waals surface area contributed by atoms with E-state index in [9.17, 15) is 9.18 Å². The SMILES string of the molecule is CC(C)Cn1c(SCC(=O)NCc2ccccc2F)nnc1N1CCOCC1. The lowest BCUT2D eigenvalue weighted by atomic mass is 10.2. The second-order valence-electron chi connectivity index (χ2n) is 7.04. The second kappa shape index (κ2) is 9.88. The van der Waals surface area contributed by atoms with E-state index in [1.807, 2.05) is 0 Å². The maximum atomic E-state index is 13.7. The fraction of sp³-hybridized carbons (Fsp3) is 0.526. The molecule has 3 rings (SSSR count). The summed E-state index contributed by atoms with van der Waals surface area (Å²) in [4.78, 5) is 14.4. The first-order chi connectivity index (χ1) is 13.5.